The molecule has 39 heteroatoms. The molecule has 0 unspecified atom stereocenters. The lowest BCUT2D eigenvalue weighted by molar-refractivity contribution is -0.186. The highest BCUT2D eigenvalue weighted by molar-refractivity contribution is 6.12. The van der Waals surface area contributed by atoms with Crippen molar-refractivity contribution in [3.8, 4) is 34.3 Å². The number of fused-ring (bicyclic) bond motifs is 1. The lowest BCUT2D eigenvalue weighted by Crippen LogP contribution is -2.43. The Hall–Kier alpha value is -16.3. The first kappa shape index (κ1) is 98.7. The molecule has 0 atom stereocenters. The Balaban J connectivity index is 0.000000166. The summed E-state index contributed by atoms with van der Waals surface area (Å²) in [6.45, 7) is 19.5. The van der Waals surface area contributed by atoms with Gasteiger partial charge in [-0.3, -0.25) is 59.7 Å². The molecule has 0 aliphatic carbocycles. The average Bonchev–Trinajstić information content (AvgIpc) is 1.62. The molecule has 3 saturated heterocycles. The number of hydrazine groups is 3. The summed E-state index contributed by atoms with van der Waals surface area (Å²) in [6, 6.07) is 62.1. The smallest absolute Gasteiger partial charge is 0.330 e. The molecule has 6 aromatic heterocycles. The number of pyridine rings is 3. The van der Waals surface area contributed by atoms with Crippen LogP contribution in [0.25, 0.3) is 27.8 Å². The number of benzene rings is 7. The minimum absolute atomic E-state index is 0.0569. The Morgan fingerprint density at radius 3 is 0.986 bits per heavy atom. The summed E-state index contributed by atoms with van der Waals surface area (Å²) >= 11 is 0. The summed E-state index contributed by atoms with van der Waals surface area (Å²) in [6.07, 6.45) is 12.8. The van der Waals surface area contributed by atoms with Crippen LogP contribution in [0.15, 0.2) is 250 Å². The number of aliphatic hydroxyl groups is 6. The quantitative estimate of drug-likeness (QED) is 0.0168. The fourth-order valence-electron chi connectivity index (χ4n) is 14.7. The molecule has 139 heavy (non-hydrogen) atoms. The van der Waals surface area contributed by atoms with E-state index in [-0.39, 0.29) is 35.9 Å². The third-order valence-corrected chi connectivity index (χ3v) is 22.7. The average molecular weight is 1890 g/mol. The van der Waals surface area contributed by atoms with Gasteiger partial charge in [-0.05, 0) is 155 Å². The highest BCUT2D eigenvalue weighted by atomic mass is 16.5. The molecule has 9 heterocycles. The van der Waals surface area contributed by atoms with Crippen LogP contribution in [0.5, 0.6) is 17.2 Å². The van der Waals surface area contributed by atoms with Gasteiger partial charge in [0, 0.05) is 134 Å². The molecular weight excluding hydrogens is 1780 g/mol. The second-order valence-electron chi connectivity index (χ2n) is 36.1. The van der Waals surface area contributed by atoms with Crippen LogP contribution in [0.2, 0.25) is 0 Å². The summed E-state index contributed by atoms with van der Waals surface area (Å²) in [5.41, 5.74) is 10.1. The highest BCUT2D eigenvalue weighted by Gasteiger charge is 2.58. The molecule has 16 rings (SSSR count). The first-order valence-electron chi connectivity index (χ1n) is 44.2. The van der Waals surface area contributed by atoms with Gasteiger partial charge in [0.25, 0.3) is 0 Å². The number of ether oxygens (including phenoxy) is 3. The van der Waals surface area contributed by atoms with Crippen molar-refractivity contribution < 1.29 is 88.0 Å². The first-order valence-corrected chi connectivity index (χ1v) is 44.2. The number of urea groups is 3. The zero-order chi connectivity index (χ0) is 99.6. The van der Waals surface area contributed by atoms with E-state index in [1.54, 1.807) is 178 Å². The number of carbonyl (C=O) groups is 9. The van der Waals surface area contributed by atoms with Crippen LogP contribution in [0.1, 0.15) is 113 Å². The highest BCUT2D eigenvalue weighted by Crippen LogP contribution is 2.37. The van der Waals surface area contributed by atoms with E-state index in [4.69, 9.17) is 29.5 Å². The Morgan fingerprint density at radius 2 is 0.662 bits per heavy atom. The number of rotatable bonds is 27. The van der Waals surface area contributed by atoms with E-state index in [0.29, 0.717) is 112 Å². The van der Waals surface area contributed by atoms with E-state index in [9.17, 15) is 73.8 Å². The minimum Gasteiger partial charge on any atom is -0.493 e. The van der Waals surface area contributed by atoms with Gasteiger partial charge in [0.1, 0.15) is 34.7 Å². The van der Waals surface area contributed by atoms with Gasteiger partial charge in [0.15, 0.2) is 0 Å². The molecule has 7 aromatic carbocycles. The number of hydrogen-bond donors (Lipinski definition) is 12. The number of nitrogens with one attached hydrogen (secondary N) is 6. The lowest BCUT2D eigenvalue weighted by Gasteiger charge is -2.23. The third kappa shape index (κ3) is 23.3. The van der Waals surface area contributed by atoms with Gasteiger partial charge >= 0.3 is 70.9 Å². The number of carbonyl (C=O) groups excluding carboxylic acids is 9. The lowest BCUT2D eigenvalue weighted by atomic mass is 9.92. The second-order valence-corrected chi connectivity index (χ2v) is 36.1. The number of anilines is 6. The van der Waals surface area contributed by atoms with Crippen LogP contribution in [0.4, 0.5) is 48.9 Å². The predicted octanol–water partition coefficient (Wildman–Crippen LogP) is 10.8. The largest absolute Gasteiger partial charge is 0.493 e. The Morgan fingerprint density at radius 1 is 0.331 bits per heavy atom. The van der Waals surface area contributed by atoms with Gasteiger partial charge in [0.05, 0.1) is 79.3 Å². The van der Waals surface area contributed by atoms with Gasteiger partial charge in [-0.15, -0.1) is 0 Å². The van der Waals surface area contributed by atoms with Gasteiger partial charge in [-0.25, -0.2) is 58.5 Å². The standard InChI is InChI=1S/C36H37N7O6.2C32H35N7O6/c1-35(2,3)30-20-31(43(40-30)25-13-11-24(12-14-25)22-42-33(45)36(47,48)32(44)41(42)4)39-34(46)38-28-15-16-29(27-10-6-5-9-26(27)28)49-19-17-23-8-7-18-37-21-23;1-31(2,3)26-19-27(35-30(42)34-23-7-11-25(12-8-23)45-18-15-21-13-16-33-17-14-21)39(36-26)24-9-5-22(6-10-24)20-38-29(41)32(43,44)28(40)37(38)4;1-31(2,3)26-18-27(35-30(42)34-23-9-13-25(14-10-23)45-17-15-21-6-5-16-33-19-21)39(36-26)24-11-7-22(8-12-24)20-38-29(41)32(43,44)28(40)37(38)4/h5-16,18,20-21,47-48H,17,19,22H2,1-4H3,(H2,38,39,46);5-14,16-17,19,43-44H,15,18,20H2,1-4H3,(H2,34,35,42);5-14,16,18-19,43-44H,15,17,20H2,1-4H3,(H2,34,35,42). The van der Waals surface area contributed by atoms with E-state index in [0.717, 1.165) is 87.4 Å². The Bertz CT molecular complexity index is 6390. The summed E-state index contributed by atoms with van der Waals surface area (Å²) in [4.78, 5) is 125. The monoisotopic (exact) mass is 1890 g/mol. The molecule has 3 aliphatic rings. The van der Waals surface area contributed by atoms with E-state index in [1.807, 2.05) is 147 Å². The molecule has 12 amide bonds. The van der Waals surface area contributed by atoms with Crippen molar-refractivity contribution in [1.29, 1.82) is 0 Å². The van der Waals surface area contributed by atoms with Crippen molar-refractivity contribution in [2.45, 2.75) is 135 Å². The fourth-order valence-corrected chi connectivity index (χ4v) is 14.7. The first-order chi connectivity index (χ1) is 66.0. The maximum atomic E-state index is 13.5. The van der Waals surface area contributed by atoms with Crippen molar-refractivity contribution in [3.63, 3.8) is 0 Å². The van der Waals surface area contributed by atoms with Crippen LogP contribution < -0.4 is 46.1 Å². The zero-order valence-electron chi connectivity index (χ0n) is 78.3. The normalized spacial score (nSPS) is 14.5. The van der Waals surface area contributed by atoms with Gasteiger partial charge < -0.3 is 60.8 Å². The third-order valence-electron chi connectivity index (χ3n) is 22.7. The van der Waals surface area contributed by atoms with Crippen molar-refractivity contribution in [2.24, 2.45) is 0 Å². The van der Waals surface area contributed by atoms with Gasteiger partial charge in [-0.1, -0.05) is 135 Å². The van der Waals surface area contributed by atoms with E-state index >= 15 is 0 Å². The van der Waals surface area contributed by atoms with Crippen molar-refractivity contribution in [3.05, 3.63) is 300 Å². The molecule has 0 bridgehead atoms. The molecule has 13 aromatic rings. The number of likely N-dealkylation sites (N-methyl/N-ethyl adjacent to an activating group) is 3. The maximum Gasteiger partial charge on any atom is 0.330 e. The molecule has 12 N–H and O–H groups in total. The topological polar surface area (TPSA) is 486 Å². The van der Waals surface area contributed by atoms with Crippen LogP contribution in [0, 0.1) is 0 Å². The molecule has 3 fully saturated rings. The van der Waals surface area contributed by atoms with Gasteiger partial charge in [-0.2, -0.15) is 15.3 Å². The zero-order valence-corrected chi connectivity index (χ0v) is 78.3. The second kappa shape index (κ2) is 41.1. The number of aromatic nitrogens is 9. The van der Waals surface area contributed by atoms with Crippen LogP contribution >= 0.6 is 0 Å². The molecule has 3 aliphatic heterocycles. The molecule has 720 valence electrons. The van der Waals surface area contributed by atoms with Crippen LogP contribution in [0.3, 0.4) is 0 Å². The van der Waals surface area contributed by atoms with Crippen molar-refractivity contribution in [2.75, 3.05) is 72.9 Å². The molecule has 39 nitrogen and oxygen atoms in total. The summed E-state index contributed by atoms with van der Waals surface area (Å²) in [5.74, 6) is -12.6. The van der Waals surface area contributed by atoms with Gasteiger partial charge in [0.2, 0.25) is 0 Å². The van der Waals surface area contributed by atoms with E-state index < -0.39 is 70.9 Å². The molecule has 0 radical (unpaired) electrons. The van der Waals surface area contributed by atoms with Crippen molar-refractivity contribution in [1.82, 2.24) is 74.3 Å². The molecule has 0 saturated carbocycles. The fraction of sp³-hybridized carbons (Fsp3) is 0.270. The van der Waals surface area contributed by atoms with Crippen LogP contribution in [-0.4, -0.2) is 217 Å². The summed E-state index contributed by atoms with van der Waals surface area (Å²) in [7, 11) is 3.87. The number of hydrogen-bond acceptors (Lipinski definition) is 24. The Kier molecular flexibility index (Phi) is 29.2. The molecular formula is C100H107N21O18. The van der Waals surface area contributed by atoms with E-state index in [1.165, 1.54) is 21.1 Å². The minimum atomic E-state index is -3.09. The van der Waals surface area contributed by atoms with Crippen molar-refractivity contribution >= 4 is 98.8 Å². The molecule has 0 spiro atoms. The van der Waals surface area contributed by atoms with Crippen LogP contribution in [-0.2, 0) is 83.9 Å². The number of nitrogens with zero attached hydrogens (tertiary/aromatic N) is 15. The Labute approximate surface area is 799 Å². The number of amides is 12. The SMILES string of the molecule is CN1C(=O)C(O)(O)C(=O)N1Cc1ccc(-n2nc(C(C)(C)C)cc2NC(=O)Nc2ccc(OCCc3cccnc3)c3ccccc23)cc1.CN1C(=O)C(O)(O)C(=O)N1Cc1ccc(-n2nc(C(C)(C)C)cc2NC(=O)Nc2ccc(OCCc3cccnc3)cc2)cc1.CN1C(=O)C(O)(O)C(=O)N1Cc1ccc(-n2nc(C(C)(C)C)cc2NC(=O)Nc2ccc(OCCc3ccncc3)cc2)cc1. The predicted molar refractivity (Wildman–Crippen MR) is 513 cm³/mol. The summed E-state index contributed by atoms with van der Waals surface area (Å²) < 4.78 is 22.6. The maximum absolute atomic E-state index is 13.5. The summed E-state index contributed by atoms with van der Waals surface area (Å²) in [5, 5.41) is 97.7. The van der Waals surface area contributed by atoms with E-state index in [2.05, 4.69) is 46.9 Å².